The van der Waals surface area contributed by atoms with Crippen molar-refractivity contribution in [2.45, 2.75) is 58.5 Å². The van der Waals surface area contributed by atoms with Crippen LogP contribution in [-0.2, 0) is 4.74 Å². The first-order valence-corrected chi connectivity index (χ1v) is 7.71. The first-order valence-electron chi connectivity index (χ1n) is 7.71. The number of nitrogens with one attached hydrogen (secondary N) is 1. The van der Waals surface area contributed by atoms with Crippen molar-refractivity contribution in [3.05, 3.63) is 0 Å². The molecule has 1 saturated heterocycles. The Morgan fingerprint density at radius 2 is 1.86 bits per heavy atom. The van der Waals surface area contributed by atoms with Crippen LogP contribution >= 0.6 is 0 Å². The Kier molecular flexibility index (Phi) is 4.63. The molecular formula is C15H27F3N2O. The van der Waals surface area contributed by atoms with Gasteiger partial charge in [-0.3, -0.25) is 9.64 Å². The molecule has 1 saturated carbocycles. The zero-order chi connectivity index (χ0) is 15.9. The highest BCUT2D eigenvalue weighted by Crippen LogP contribution is 2.44. The highest BCUT2D eigenvalue weighted by molar-refractivity contribution is 5.06. The summed E-state index contributed by atoms with van der Waals surface area (Å²) in [6, 6.07) is 0.287. The van der Waals surface area contributed by atoms with Gasteiger partial charge in [0.2, 0.25) is 0 Å². The minimum Gasteiger partial charge on any atom is -0.310 e. The molecule has 6 heteroatoms. The minimum atomic E-state index is -4.53. The molecule has 1 heterocycles. The zero-order valence-electron chi connectivity index (χ0n) is 13.4. The lowest BCUT2D eigenvalue weighted by Crippen LogP contribution is -2.67. The number of hydrogen-bond donors (Lipinski definition) is 1. The van der Waals surface area contributed by atoms with Crippen LogP contribution in [0.3, 0.4) is 0 Å². The summed E-state index contributed by atoms with van der Waals surface area (Å²) in [5.41, 5.74) is 0.0464. The molecule has 124 valence electrons. The van der Waals surface area contributed by atoms with E-state index in [1.54, 1.807) is 0 Å². The van der Waals surface area contributed by atoms with E-state index in [2.05, 4.69) is 42.6 Å². The van der Waals surface area contributed by atoms with E-state index >= 15 is 0 Å². The van der Waals surface area contributed by atoms with Crippen molar-refractivity contribution in [2.75, 3.05) is 26.2 Å². The predicted molar refractivity (Wildman–Crippen MR) is 76.0 cm³/mol. The van der Waals surface area contributed by atoms with Gasteiger partial charge in [-0.15, -0.1) is 13.2 Å². The maximum absolute atomic E-state index is 12.2. The molecule has 21 heavy (non-hydrogen) atoms. The van der Waals surface area contributed by atoms with E-state index in [-0.39, 0.29) is 23.6 Å². The fourth-order valence-electron chi connectivity index (χ4n) is 3.24. The third kappa shape index (κ3) is 4.33. The molecule has 2 atom stereocenters. The largest absolute Gasteiger partial charge is 0.522 e. The van der Waals surface area contributed by atoms with Crippen molar-refractivity contribution in [3.8, 4) is 0 Å². The Labute approximate surface area is 125 Å². The van der Waals surface area contributed by atoms with Crippen LogP contribution in [0.4, 0.5) is 13.2 Å². The number of rotatable bonds is 4. The van der Waals surface area contributed by atoms with E-state index in [1.165, 1.54) is 12.8 Å². The van der Waals surface area contributed by atoms with Gasteiger partial charge in [-0.2, -0.15) is 0 Å². The molecule has 0 bridgehead atoms. The van der Waals surface area contributed by atoms with Crippen molar-refractivity contribution in [2.24, 2.45) is 11.3 Å². The molecule has 2 unspecified atom stereocenters. The Morgan fingerprint density at radius 3 is 2.33 bits per heavy atom. The lowest BCUT2D eigenvalue weighted by atomic mass is 9.81. The van der Waals surface area contributed by atoms with Gasteiger partial charge in [0.05, 0.1) is 6.61 Å². The molecule has 0 aromatic carbocycles. The van der Waals surface area contributed by atoms with Crippen molar-refractivity contribution >= 4 is 0 Å². The first kappa shape index (κ1) is 17.0. The molecule has 2 fully saturated rings. The number of halogens is 3. The molecule has 2 rings (SSSR count). The molecule has 0 spiro atoms. The van der Waals surface area contributed by atoms with E-state index in [9.17, 15) is 13.2 Å². The van der Waals surface area contributed by atoms with Crippen LogP contribution in [0, 0.1) is 11.3 Å². The summed E-state index contributed by atoms with van der Waals surface area (Å²) in [7, 11) is 0. The van der Waals surface area contributed by atoms with E-state index in [0.29, 0.717) is 12.5 Å². The van der Waals surface area contributed by atoms with Crippen LogP contribution in [0.2, 0.25) is 0 Å². The summed E-state index contributed by atoms with van der Waals surface area (Å²) >= 11 is 0. The van der Waals surface area contributed by atoms with Gasteiger partial charge >= 0.3 is 6.36 Å². The van der Waals surface area contributed by atoms with Crippen LogP contribution in [0.15, 0.2) is 0 Å². The molecule has 1 aliphatic heterocycles. The summed E-state index contributed by atoms with van der Waals surface area (Å²) in [5, 5.41) is 3.60. The van der Waals surface area contributed by atoms with Gasteiger partial charge in [0, 0.05) is 31.2 Å². The molecule has 3 nitrogen and oxygen atoms in total. The SMILES string of the molecule is CC(C)(C)C1CN(CCOC(F)(F)F)C(C)(C2CC2)CN1. The van der Waals surface area contributed by atoms with Gasteiger partial charge < -0.3 is 5.32 Å². The maximum atomic E-state index is 12.2. The first-order chi connectivity index (χ1) is 9.52. The predicted octanol–water partition coefficient (Wildman–Crippen LogP) is 3.01. The number of piperazine rings is 1. The van der Waals surface area contributed by atoms with Gasteiger partial charge in [-0.25, -0.2) is 0 Å². The summed E-state index contributed by atoms with van der Waals surface area (Å²) in [5.74, 6) is 0.594. The molecule has 0 radical (unpaired) electrons. The average molecular weight is 308 g/mol. The maximum Gasteiger partial charge on any atom is 0.522 e. The third-order valence-corrected chi connectivity index (χ3v) is 4.96. The summed E-state index contributed by atoms with van der Waals surface area (Å²) < 4.78 is 40.5. The molecule has 1 aliphatic carbocycles. The number of nitrogens with zero attached hydrogens (tertiary/aromatic N) is 1. The standard InChI is InChI=1S/C15H27F3N2O/c1-13(2,3)12-9-20(7-8-21-15(16,17)18)14(4,10-19-12)11-5-6-11/h11-12,19H,5-10H2,1-4H3. The number of ether oxygens (including phenoxy) is 1. The fraction of sp³-hybridized carbons (Fsp3) is 1.00. The Bertz CT molecular complexity index is 363. The lowest BCUT2D eigenvalue weighted by molar-refractivity contribution is -0.325. The van der Waals surface area contributed by atoms with Crippen LogP contribution < -0.4 is 5.32 Å². The summed E-state index contributed by atoms with van der Waals surface area (Å²) in [6.07, 6.45) is -2.18. The Morgan fingerprint density at radius 1 is 1.24 bits per heavy atom. The highest BCUT2D eigenvalue weighted by Gasteiger charge is 2.49. The second-order valence-corrected chi connectivity index (χ2v) is 7.67. The monoisotopic (exact) mass is 308 g/mol. The van der Waals surface area contributed by atoms with E-state index in [4.69, 9.17) is 0 Å². The van der Waals surface area contributed by atoms with Crippen molar-refractivity contribution < 1.29 is 17.9 Å². The van der Waals surface area contributed by atoms with Gasteiger partial charge in [0.1, 0.15) is 0 Å². The Balaban J connectivity index is 1.99. The lowest BCUT2D eigenvalue weighted by Gasteiger charge is -2.51. The smallest absolute Gasteiger partial charge is 0.310 e. The van der Waals surface area contributed by atoms with Gasteiger partial charge in [-0.1, -0.05) is 20.8 Å². The molecule has 0 aromatic heterocycles. The van der Waals surface area contributed by atoms with E-state index in [1.807, 2.05) is 0 Å². The van der Waals surface area contributed by atoms with Crippen molar-refractivity contribution in [1.29, 1.82) is 0 Å². The van der Waals surface area contributed by atoms with Gasteiger partial charge in [0.15, 0.2) is 0 Å². The highest BCUT2D eigenvalue weighted by atomic mass is 19.4. The van der Waals surface area contributed by atoms with Crippen LogP contribution in [0.25, 0.3) is 0 Å². The van der Waals surface area contributed by atoms with Crippen molar-refractivity contribution in [3.63, 3.8) is 0 Å². The molecule has 2 aliphatic rings. The zero-order valence-corrected chi connectivity index (χ0v) is 13.4. The van der Waals surface area contributed by atoms with E-state index in [0.717, 1.165) is 13.1 Å². The van der Waals surface area contributed by atoms with Crippen molar-refractivity contribution in [1.82, 2.24) is 10.2 Å². The molecule has 0 aromatic rings. The number of hydrogen-bond acceptors (Lipinski definition) is 3. The second kappa shape index (κ2) is 5.70. The van der Waals surface area contributed by atoms with Crippen LogP contribution in [0.1, 0.15) is 40.5 Å². The molecular weight excluding hydrogens is 281 g/mol. The van der Waals surface area contributed by atoms with Crippen LogP contribution in [-0.4, -0.2) is 49.1 Å². The van der Waals surface area contributed by atoms with Gasteiger partial charge in [0.25, 0.3) is 0 Å². The second-order valence-electron chi connectivity index (χ2n) is 7.67. The molecule has 1 N–H and O–H groups in total. The third-order valence-electron chi connectivity index (χ3n) is 4.96. The minimum absolute atomic E-state index is 0.0449. The topological polar surface area (TPSA) is 24.5 Å². The quantitative estimate of drug-likeness (QED) is 0.864. The van der Waals surface area contributed by atoms with Gasteiger partial charge in [-0.05, 0) is 31.1 Å². The summed E-state index contributed by atoms with van der Waals surface area (Å²) in [4.78, 5) is 2.21. The van der Waals surface area contributed by atoms with E-state index < -0.39 is 6.36 Å². The summed E-state index contributed by atoms with van der Waals surface area (Å²) in [6.45, 7) is 10.3. The average Bonchev–Trinajstić information content (AvgIpc) is 3.12. The number of alkyl halides is 3. The Hall–Kier alpha value is -0.330. The fourth-order valence-corrected chi connectivity index (χ4v) is 3.24. The molecule has 0 amide bonds. The normalized spacial score (nSPS) is 32.4. The van der Waals surface area contributed by atoms with Crippen LogP contribution in [0.5, 0.6) is 0 Å².